The molecule has 0 spiro atoms. The third-order valence-corrected chi connectivity index (χ3v) is 6.26. The summed E-state index contributed by atoms with van der Waals surface area (Å²) in [4.78, 5) is 21.1. The van der Waals surface area contributed by atoms with Crippen LogP contribution in [0.1, 0.15) is 30.0 Å². The summed E-state index contributed by atoms with van der Waals surface area (Å²) in [5.74, 6) is 0.360. The molecule has 0 bridgehead atoms. The summed E-state index contributed by atoms with van der Waals surface area (Å²) in [5, 5.41) is 4.18. The van der Waals surface area contributed by atoms with Crippen molar-refractivity contribution in [3.8, 4) is 5.75 Å². The summed E-state index contributed by atoms with van der Waals surface area (Å²) < 4.78 is 5.87. The smallest absolute Gasteiger partial charge is 0.269 e. The summed E-state index contributed by atoms with van der Waals surface area (Å²) in [5.41, 5.74) is 1.34. The lowest BCUT2D eigenvalue weighted by atomic mass is 10.1. The average Bonchev–Trinajstić information content (AvgIpc) is 3.12. The fourth-order valence-corrected chi connectivity index (χ4v) is 4.54. The number of hydrogen-bond donors (Lipinski definition) is 1. The highest BCUT2D eigenvalue weighted by Crippen LogP contribution is 2.30. The van der Waals surface area contributed by atoms with Crippen LogP contribution < -0.4 is 10.1 Å². The molecule has 1 aliphatic rings. The van der Waals surface area contributed by atoms with E-state index in [2.05, 4.69) is 39.5 Å². The van der Waals surface area contributed by atoms with Gasteiger partial charge in [0, 0.05) is 36.0 Å². The Labute approximate surface area is 185 Å². The van der Waals surface area contributed by atoms with E-state index in [1.807, 2.05) is 6.07 Å². The molecule has 2 heterocycles. The standard InChI is InChI=1S/C23H24ClN3O2S/c1-23(2,29-18-10-8-17(24)9-11-18)21(28)26-22-25-19-12-13-27(15-20(19)30-22)14-16-6-4-3-5-7-16/h3-11H,12-15H2,1-2H3,(H,25,26,28). The molecule has 0 radical (unpaired) electrons. The van der Waals surface area contributed by atoms with Crippen molar-refractivity contribution in [1.82, 2.24) is 9.88 Å². The normalized spacial score (nSPS) is 14.2. The van der Waals surface area contributed by atoms with Crippen molar-refractivity contribution in [2.45, 2.75) is 39.0 Å². The Bertz CT molecular complexity index is 1020. The molecule has 5 nitrogen and oxygen atoms in total. The number of halogens is 1. The number of nitrogens with zero attached hydrogens (tertiary/aromatic N) is 2. The van der Waals surface area contributed by atoms with Gasteiger partial charge in [0.1, 0.15) is 5.75 Å². The Kier molecular flexibility index (Phi) is 6.09. The predicted octanol–water partition coefficient (Wildman–Crippen LogP) is 5.15. The SMILES string of the molecule is CC(C)(Oc1ccc(Cl)cc1)C(=O)Nc1nc2c(s1)CN(Cc1ccccc1)CC2. The zero-order valence-corrected chi connectivity index (χ0v) is 18.6. The molecule has 1 amide bonds. The minimum atomic E-state index is -1.04. The van der Waals surface area contributed by atoms with Crippen LogP contribution in [-0.4, -0.2) is 27.9 Å². The van der Waals surface area contributed by atoms with E-state index in [9.17, 15) is 4.79 Å². The van der Waals surface area contributed by atoms with Gasteiger partial charge >= 0.3 is 0 Å². The second-order valence-corrected chi connectivity index (χ2v) is 9.38. The molecule has 0 atom stereocenters. The molecule has 30 heavy (non-hydrogen) atoms. The van der Waals surface area contributed by atoms with Gasteiger partial charge in [0.25, 0.3) is 5.91 Å². The largest absolute Gasteiger partial charge is 0.478 e. The molecule has 7 heteroatoms. The molecule has 0 fully saturated rings. The number of benzene rings is 2. The lowest BCUT2D eigenvalue weighted by molar-refractivity contribution is -0.128. The van der Waals surface area contributed by atoms with Crippen LogP contribution in [0.15, 0.2) is 54.6 Å². The average molecular weight is 442 g/mol. The van der Waals surface area contributed by atoms with E-state index >= 15 is 0 Å². The Morgan fingerprint density at radius 3 is 2.67 bits per heavy atom. The molecule has 1 N–H and O–H groups in total. The number of nitrogens with one attached hydrogen (secondary N) is 1. The van der Waals surface area contributed by atoms with Gasteiger partial charge in [0.15, 0.2) is 10.7 Å². The number of thiazole rings is 1. The first-order valence-corrected chi connectivity index (χ1v) is 11.1. The molecular formula is C23H24ClN3O2S. The van der Waals surface area contributed by atoms with Crippen LogP contribution in [-0.2, 0) is 24.3 Å². The highest BCUT2D eigenvalue weighted by atomic mass is 35.5. The van der Waals surface area contributed by atoms with Gasteiger partial charge in [-0.05, 0) is 43.7 Å². The minimum absolute atomic E-state index is 0.232. The number of aromatic nitrogens is 1. The topological polar surface area (TPSA) is 54.5 Å². The Morgan fingerprint density at radius 1 is 1.20 bits per heavy atom. The number of amides is 1. The summed E-state index contributed by atoms with van der Waals surface area (Å²) in [6.07, 6.45) is 0.888. The van der Waals surface area contributed by atoms with Crippen molar-refractivity contribution >= 4 is 34.0 Å². The van der Waals surface area contributed by atoms with Crippen molar-refractivity contribution in [1.29, 1.82) is 0 Å². The first-order chi connectivity index (χ1) is 14.4. The van der Waals surface area contributed by atoms with E-state index in [4.69, 9.17) is 16.3 Å². The monoisotopic (exact) mass is 441 g/mol. The summed E-state index contributed by atoms with van der Waals surface area (Å²) in [6, 6.07) is 17.4. The Hall–Kier alpha value is -2.41. The Morgan fingerprint density at radius 2 is 1.93 bits per heavy atom. The molecule has 3 aromatic rings. The second kappa shape index (κ2) is 8.76. The lowest BCUT2D eigenvalue weighted by Crippen LogP contribution is -2.42. The lowest BCUT2D eigenvalue weighted by Gasteiger charge is -2.25. The van der Waals surface area contributed by atoms with Crippen molar-refractivity contribution < 1.29 is 9.53 Å². The van der Waals surface area contributed by atoms with Crippen LogP contribution in [0.2, 0.25) is 5.02 Å². The third kappa shape index (κ3) is 5.01. The van der Waals surface area contributed by atoms with Crippen LogP contribution in [0.5, 0.6) is 5.75 Å². The second-order valence-electron chi connectivity index (χ2n) is 7.86. The van der Waals surface area contributed by atoms with Gasteiger partial charge in [-0.15, -0.1) is 11.3 Å². The third-order valence-electron chi connectivity index (χ3n) is 5.01. The first kappa shape index (κ1) is 20.8. The van der Waals surface area contributed by atoms with E-state index in [1.165, 1.54) is 10.4 Å². The van der Waals surface area contributed by atoms with Crippen molar-refractivity contribution in [3.63, 3.8) is 0 Å². The van der Waals surface area contributed by atoms with E-state index < -0.39 is 5.60 Å². The molecule has 0 saturated heterocycles. The van der Waals surface area contributed by atoms with Crippen LogP contribution in [0, 0.1) is 0 Å². The van der Waals surface area contributed by atoms with E-state index in [0.717, 1.165) is 31.7 Å². The summed E-state index contributed by atoms with van der Waals surface area (Å²) >= 11 is 7.46. The zero-order valence-electron chi connectivity index (χ0n) is 17.0. The van der Waals surface area contributed by atoms with Crippen LogP contribution in [0.4, 0.5) is 5.13 Å². The fourth-order valence-electron chi connectivity index (χ4n) is 3.37. The maximum Gasteiger partial charge on any atom is 0.269 e. The zero-order chi connectivity index (χ0) is 21.1. The molecule has 0 unspecified atom stereocenters. The number of carbonyl (C=O) groups excluding carboxylic acids is 1. The molecule has 2 aromatic carbocycles. The van der Waals surface area contributed by atoms with Crippen molar-refractivity contribution in [2.24, 2.45) is 0 Å². The van der Waals surface area contributed by atoms with Gasteiger partial charge in [0.05, 0.1) is 5.69 Å². The van der Waals surface area contributed by atoms with Gasteiger partial charge in [0.2, 0.25) is 0 Å². The Balaban J connectivity index is 1.39. The van der Waals surface area contributed by atoms with Crippen LogP contribution >= 0.6 is 22.9 Å². The number of anilines is 1. The molecule has 1 aliphatic heterocycles. The number of carbonyl (C=O) groups is 1. The number of fused-ring (bicyclic) bond motifs is 1. The van der Waals surface area contributed by atoms with Gasteiger partial charge in [-0.25, -0.2) is 4.98 Å². The van der Waals surface area contributed by atoms with Gasteiger partial charge in [-0.1, -0.05) is 41.9 Å². The molecule has 1 aromatic heterocycles. The van der Waals surface area contributed by atoms with Crippen LogP contribution in [0.3, 0.4) is 0 Å². The number of hydrogen-bond acceptors (Lipinski definition) is 5. The highest BCUT2D eigenvalue weighted by molar-refractivity contribution is 7.15. The van der Waals surface area contributed by atoms with E-state index in [-0.39, 0.29) is 5.91 Å². The van der Waals surface area contributed by atoms with Crippen LogP contribution in [0.25, 0.3) is 0 Å². The van der Waals surface area contributed by atoms with Crippen molar-refractivity contribution in [2.75, 3.05) is 11.9 Å². The molecular weight excluding hydrogens is 418 g/mol. The van der Waals surface area contributed by atoms with Gasteiger partial charge in [-0.2, -0.15) is 0 Å². The molecule has 0 aliphatic carbocycles. The summed E-state index contributed by atoms with van der Waals surface area (Å²) in [6.45, 7) is 6.21. The van der Waals surface area contributed by atoms with E-state index in [0.29, 0.717) is 15.9 Å². The molecule has 0 saturated carbocycles. The highest BCUT2D eigenvalue weighted by Gasteiger charge is 2.31. The minimum Gasteiger partial charge on any atom is -0.478 e. The quantitative estimate of drug-likeness (QED) is 0.574. The van der Waals surface area contributed by atoms with E-state index in [1.54, 1.807) is 49.4 Å². The number of ether oxygens (including phenoxy) is 1. The maximum atomic E-state index is 12.8. The molecule has 4 rings (SSSR count). The fraction of sp³-hybridized carbons (Fsp3) is 0.304. The molecule has 156 valence electrons. The van der Waals surface area contributed by atoms with Gasteiger partial charge < -0.3 is 4.74 Å². The van der Waals surface area contributed by atoms with Gasteiger partial charge in [-0.3, -0.25) is 15.0 Å². The first-order valence-electron chi connectivity index (χ1n) is 9.90. The maximum absolute atomic E-state index is 12.8. The predicted molar refractivity (Wildman–Crippen MR) is 121 cm³/mol. The number of rotatable bonds is 6. The van der Waals surface area contributed by atoms with Crippen molar-refractivity contribution in [3.05, 3.63) is 75.8 Å². The summed E-state index contributed by atoms with van der Waals surface area (Å²) in [7, 11) is 0.